The average Bonchev–Trinajstić information content (AvgIpc) is 3.12. The summed E-state index contributed by atoms with van der Waals surface area (Å²) in [5.41, 5.74) is 2.54. The molecular weight excluding hydrogens is 358 g/mol. The largest absolute Gasteiger partial charge is 0.480 e. The lowest BCUT2D eigenvalue weighted by molar-refractivity contribution is -0.0372. The van der Waals surface area contributed by atoms with Crippen molar-refractivity contribution >= 4 is 16.6 Å². The molecule has 0 radical (unpaired) electrons. The van der Waals surface area contributed by atoms with E-state index in [0.717, 1.165) is 16.5 Å². The van der Waals surface area contributed by atoms with Crippen molar-refractivity contribution in [3.63, 3.8) is 0 Å². The minimum absolute atomic E-state index is 0.113. The van der Waals surface area contributed by atoms with E-state index in [2.05, 4.69) is 4.98 Å². The van der Waals surface area contributed by atoms with Crippen LogP contribution < -0.4 is 15.2 Å². The standard InChI is InChI=1S/C21H25N3O4/c1-11(25)12-8-14(15-10-23(4)19(26)17-13(15)6-7-22-17)18-16(9-12)24(5)20(27)21(2,3)28-18/h6-11,20,22,25,27H,1-5H3. The van der Waals surface area contributed by atoms with Crippen molar-refractivity contribution in [2.24, 2.45) is 7.05 Å². The van der Waals surface area contributed by atoms with Crippen LogP contribution in [0.2, 0.25) is 0 Å². The number of nitrogens with zero attached hydrogens (tertiary/aromatic N) is 2. The summed E-state index contributed by atoms with van der Waals surface area (Å²) >= 11 is 0. The van der Waals surface area contributed by atoms with Crippen LogP contribution in [0.3, 0.4) is 0 Å². The third kappa shape index (κ3) is 2.62. The molecule has 0 fully saturated rings. The molecule has 7 heteroatoms. The van der Waals surface area contributed by atoms with Crippen LogP contribution in [-0.4, -0.2) is 38.6 Å². The summed E-state index contributed by atoms with van der Waals surface area (Å²) in [6.07, 6.45) is 1.98. The zero-order valence-electron chi connectivity index (χ0n) is 16.6. The van der Waals surface area contributed by atoms with E-state index in [1.165, 1.54) is 4.57 Å². The highest BCUT2D eigenvalue weighted by atomic mass is 16.5. The smallest absolute Gasteiger partial charge is 0.274 e. The normalized spacial score (nSPS) is 19.4. The predicted octanol–water partition coefficient (Wildman–Crippen LogP) is 2.51. The van der Waals surface area contributed by atoms with Crippen molar-refractivity contribution < 1.29 is 14.9 Å². The fourth-order valence-corrected chi connectivity index (χ4v) is 3.84. The molecule has 0 aliphatic carbocycles. The fraction of sp³-hybridized carbons (Fsp3) is 0.381. The number of aromatic nitrogens is 2. The number of pyridine rings is 1. The van der Waals surface area contributed by atoms with E-state index in [0.29, 0.717) is 22.5 Å². The topological polar surface area (TPSA) is 90.7 Å². The van der Waals surface area contributed by atoms with Gasteiger partial charge in [-0.25, -0.2) is 0 Å². The fourth-order valence-electron chi connectivity index (χ4n) is 3.84. The number of hydrogen-bond donors (Lipinski definition) is 3. The number of hydrogen-bond acceptors (Lipinski definition) is 5. The maximum absolute atomic E-state index is 12.5. The summed E-state index contributed by atoms with van der Waals surface area (Å²) in [6.45, 7) is 5.36. The molecule has 0 spiro atoms. The van der Waals surface area contributed by atoms with Gasteiger partial charge in [0.15, 0.2) is 12.0 Å². The predicted molar refractivity (Wildman–Crippen MR) is 109 cm³/mol. The Bertz CT molecular complexity index is 1130. The van der Waals surface area contributed by atoms with Crippen molar-refractivity contribution in [3.05, 3.63) is 46.5 Å². The highest BCUT2D eigenvalue weighted by Gasteiger charge is 2.41. The zero-order chi connectivity index (χ0) is 20.4. The Balaban J connectivity index is 2.09. The lowest BCUT2D eigenvalue weighted by Crippen LogP contribution is -2.54. The van der Waals surface area contributed by atoms with Crippen molar-refractivity contribution in [2.75, 3.05) is 11.9 Å². The van der Waals surface area contributed by atoms with Gasteiger partial charge in [0.1, 0.15) is 11.1 Å². The van der Waals surface area contributed by atoms with Gasteiger partial charge in [-0.2, -0.15) is 0 Å². The second-order valence-corrected chi connectivity index (χ2v) is 8.01. The molecule has 1 aromatic carbocycles. The lowest BCUT2D eigenvalue weighted by atomic mass is 9.94. The van der Waals surface area contributed by atoms with E-state index in [9.17, 15) is 15.0 Å². The molecule has 0 saturated heterocycles. The quantitative estimate of drug-likeness (QED) is 0.633. The number of H-pyrrole nitrogens is 1. The number of aryl methyl sites for hydroxylation is 1. The molecule has 3 aromatic rings. The van der Waals surface area contributed by atoms with Crippen LogP contribution in [0, 0.1) is 0 Å². The van der Waals surface area contributed by atoms with Gasteiger partial charge in [-0.1, -0.05) is 0 Å². The molecule has 3 N–H and O–H groups in total. The number of aliphatic hydroxyl groups is 2. The van der Waals surface area contributed by atoms with Crippen molar-refractivity contribution in [1.82, 2.24) is 9.55 Å². The van der Waals surface area contributed by atoms with Crippen LogP contribution in [0.1, 0.15) is 32.4 Å². The zero-order valence-corrected chi connectivity index (χ0v) is 16.6. The number of ether oxygens (including phenoxy) is 1. The maximum Gasteiger partial charge on any atom is 0.274 e. The van der Waals surface area contributed by atoms with Crippen molar-refractivity contribution in [1.29, 1.82) is 0 Å². The Morgan fingerprint density at radius 1 is 1.25 bits per heavy atom. The number of fused-ring (bicyclic) bond motifs is 2. The third-order valence-electron chi connectivity index (χ3n) is 5.49. The second-order valence-electron chi connectivity index (χ2n) is 8.01. The molecule has 3 heterocycles. The van der Waals surface area contributed by atoms with Gasteiger partial charge in [-0.3, -0.25) is 4.79 Å². The minimum Gasteiger partial charge on any atom is -0.480 e. The molecular formula is C21H25N3O4. The van der Waals surface area contributed by atoms with E-state index < -0.39 is 17.9 Å². The number of benzene rings is 1. The van der Waals surface area contributed by atoms with Gasteiger partial charge < -0.3 is 29.4 Å². The Morgan fingerprint density at radius 3 is 2.64 bits per heavy atom. The van der Waals surface area contributed by atoms with E-state index in [4.69, 9.17) is 4.74 Å². The van der Waals surface area contributed by atoms with E-state index in [1.807, 2.05) is 32.0 Å². The third-order valence-corrected chi connectivity index (χ3v) is 5.49. The monoisotopic (exact) mass is 383 g/mol. The number of anilines is 1. The van der Waals surface area contributed by atoms with Crippen molar-refractivity contribution in [2.45, 2.75) is 38.7 Å². The Hall–Kier alpha value is -2.77. The van der Waals surface area contributed by atoms with E-state index in [-0.39, 0.29) is 5.56 Å². The number of aromatic amines is 1. The number of aliphatic hydroxyl groups excluding tert-OH is 2. The van der Waals surface area contributed by atoms with Crippen LogP contribution in [0.15, 0.2) is 35.4 Å². The first-order chi connectivity index (χ1) is 13.1. The van der Waals surface area contributed by atoms with Crippen LogP contribution in [0.25, 0.3) is 22.0 Å². The Morgan fingerprint density at radius 2 is 1.96 bits per heavy atom. The molecule has 0 saturated carbocycles. The first-order valence-electron chi connectivity index (χ1n) is 9.25. The van der Waals surface area contributed by atoms with Gasteiger partial charge in [0, 0.05) is 43.0 Å². The van der Waals surface area contributed by atoms with Crippen LogP contribution in [0.4, 0.5) is 5.69 Å². The molecule has 1 aliphatic rings. The van der Waals surface area contributed by atoms with Gasteiger partial charge in [-0.15, -0.1) is 0 Å². The number of rotatable bonds is 2. The molecule has 0 amide bonds. The van der Waals surface area contributed by atoms with Gasteiger partial charge in [0.2, 0.25) is 0 Å². The van der Waals surface area contributed by atoms with Crippen LogP contribution in [0.5, 0.6) is 5.75 Å². The highest BCUT2D eigenvalue weighted by molar-refractivity contribution is 5.97. The van der Waals surface area contributed by atoms with E-state index >= 15 is 0 Å². The summed E-state index contributed by atoms with van der Waals surface area (Å²) in [6, 6.07) is 5.58. The highest BCUT2D eigenvalue weighted by Crippen LogP contribution is 2.47. The van der Waals surface area contributed by atoms with Crippen molar-refractivity contribution in [3.8, 4) is 16.9 Å². The SMILES string of the molecule is CC(O)c1cc(-c2cn(C)c(=O)c3[nH]ccc23)c2c(c1)N(C)C(O)C(C)(C)O2. The molecule has 148 valence electrons. The first kappa shape index (κ1) is 18.6. The Kier molecular flexibility index (Phi) is 4.06. The molecule has 4 rings (SSSR count). The average molecular weight is 383 g/mol. The Labute approximate surface area is 162 Å². The first-order valence-corrected chi connectivity index (χ1v) is 9.25. The minimum atomic E-state index is -0.843. The van der Waals surface area contributed by atoms with Crippen LogP contribution >= 0.6 is 0 Å². The van der Waals surface area contributed by atoms with Gasteiger partial charge in [-0.05, 0) is 44.5 Å². The van der Waals surface area contributed by atoms with Gasteiger partial charge in [0.25, 0.3) is 5.56 Å². The molecule has 0 bridgehead atoms. The number of nitrogens with one attached hydrogen (secondary N) is 1. The summed E-state index contributed by atoms with van der Waals surface area (Å²) in [5.74, 6) is 0.614. The van der Waals surface area contributed by atoms with Gasteiger partial charge in [0.05, 0.1) is 11.8 Å². The summed E-state index contributed by atoms with van der Waals surface area (Å²) in [4.78, 5) is 17.2. The molecule has 2 atom stereocenters. The molecule has 7 nitrogen and oxygen atoms in total. The summed E-state index contributed by atoms with van der Waals surface area (Å²) in [7, 11) is 3.51. The molecule has 1 aliphatic heterocycles. The second kappa shape index (κ2) is 6.12. The molecule has 2 aromatic heterocycles. The molecule has 2 unspecified atom stereocenters. The lowest BCUT2D eigenvalue weighted by Gasteiger charge is -2.44. The van der Waals surface area contributed by atoms with Gasteiger partial charge >= 0.3 is 0 Å². The maximum atomic E-state index is 12.5. The van der Waals surface area contributed by atoms with Crippen LogP contribution in [-0.2, 0) is 7.05 Å². The summed E-state index contributed by atoms with van der Waals surface area (Å²) in [5, 5.41) is 21.7. The molecule has 28 heavy (non-hydrogen) atoms. The van der Waals surface area contributed by atoms with E-state index in [1.54, 1.807) is 38.3 Å². The summed E-state index contributed by atoms with van der Waals surface area (Å²) < 4.78 is 7.78. The number of likely N-dealkylation sites (N-methyl/N-ethyl adjacent to an activating group) is 1.